The lowest BCUT2D eigenvalue weighted by Crippen LogP contribution is -2.45. The van der Waals surface area contributed by atoms with Crippen LogP contribution in [0.15, 0.2) is 27.4 Å². The van der Waals surface area contributed by atoms with E-state index >= 15 is 0 Å². The summed E-state index contributed by atoms with van der Waals surface area (Å²) in [5.41, 5.74) is 2.62. The van der Waals surface area contributed by atoms with Crippen molar-refractivity contribution in [1.82, 2.24) is 4.90 Å². The average molecular weight is 427 g/mol. The molecule has 7 nitrogen and oxygen atoms in total. The number of carbonyl (C=O) groups is 2. The van der Waals surface area contributed by atoms with E-state index in [0.717, 1.165) is 24.6 Å². The van der Waals surface area contributed by atoms with Crippen molar-refractivity contribution in [1.29, 1.82) is 0 Å². The second-order valence-corrected chi connectivity index (χ2v) is 9.43. The Kier molecular flexibility index (Phi) is 5.77. The van der Waals surface area contributed by atoms with Crippen molar-refractivity contribution in [3.05, 3.63) is 45.3 Å². The molecule has 1 aromatic heterocycles. The average Bonchev–Trinajstić information content (AvgIpc) is 3.16. The number of hydrogen-bond donors (Lipinski definition) is 0. The fourth-order valence-electron chi connectivity index (χ4n) is 4.34. The number of fused-ring (bicyclic) bond motifs is 2. The monoisotopic (exact) mass is 427 g/mol. The Morgan fingerprint density at radius 2 is 1.87 bits per heavy atom. The van der Waals surface area contributed by atoms with E-state index in [-0.39, 0.29) is 19.1 Å². The Labute approximate surface area is 181 Å². The first-order valence-electron chi connectivity index (χ1n) is 10.9. The van der Waals surface area contributed by atoms with Gasteiger partial charge in [0.05, 0.1) is 5.92 Å². The standard InChI is InChI=1S/C24H29NO6/c1-24(2,3)31-23(28)25-9-5-8-17(13-25)22(27)29-14-18-12-21(26)30-20-11-16-7-4-6-15(16)10-19(18)20/h10-12,17H,4-9,13-14H2,1-3H3/t17-/m0/s1. The van der Waals surface area contributed by atoms with E-state index in [4.69, 9.17) is 13.9 Å². The van der Waals surface area contributed by atoms with E-state index in [1.165, 1.54) is 17.2 Å². The van der Waals surface area contributed by atoms with Gasteiger partial charge in [0.15, 0.2) is 0 Å². The second kappa shape index (κ2) is 8.36. The molecule has 2 heterocycles. The van der Waals surface area contributed by atoms with Gasteiger partial charge in [-0.2, -0.15) is 0 Å². The number of hydrogen-bond acceptors (Lipinski definition) is 6. The molecule has 1 atom stereocenters. The minimum absolute atomic E-state index is 0.00264. The predicted octanol–water partition coefficient (Wildman–Crippen LogP) is 3.97. The van der Waals surface area contributed by atoms with E-state index in [0.29, 0.717) is 30.5 Å². The SMILES string of the molecule is CC(C)(C)OC(=O)N1CCC[C@H](C(=O)OCc2cc(=O)oc3cc4c(cc23)CCC4)C1. The molecule has 166 valence electrons. The number of likely N-dealkylation sites (tertiary alicyclic amines) is 1. The summed E-state index contributed by atoms with van der Waals surface area (Å²) in [5, 5.41) is 0.812. The molecular weight excluding hydrogens is 398 g/mol. The maximum Gasteiger partial charge on any atom is 0.410 e. The highest BCUT2D eigenvalue weighted by atomic mass is 16.6. The highest BCUT2D eigenvalue weighted by molar-refractivity contribution is 5.82. The van der Waals surface area contributed by atoms with Crippen molar-refractivity contribution in [2.75, 3.05) is 13.1 Å². The molecule has 4 rings (SSSR count). The van der Waals surface area contributed by atoms with Crippen molar-refractivity contribution in [2.24, 2.45) is 5.92 Å². The van der Waals surface area contributed by atoms with Crippen molar-refractivity contribution in [3.63, 3.8) is 0 Å². The normalized spacial score (nSPS) is 18.7. The summed E-state index contributed by atoms with van der Waals surface area (Å²) in [6.07, 6.45) is 4.05. The Hall–Kier alpha value is -2.83. The number of nitrogens with zero attached hydrogens (tertiary/aromatic N) is 1. The minimum Gasteiger partial charge on any atom is -0.461 e. The molecule has 1 aliphatic carbocycles. The summed E-state index contributed by atoms with van der Waals surface area (Å²) in [4.78, 5) is 38.7. The summed E-state index contributed by atoms with van der Waals surface area (Å²) in [6, 6.07) is 5.38. The summed E-state index contributed by atoms with van der Waals surface area (Å²) in [5.74, 6) is -0.771. The molecule has 0 saturated carbocycles. The van der Waals surface area contributed by atoms with Crippen molar-refractivity contribution >= 4 is 23.0 Å². The predicted molar refractivity (Wildman–Crippen MR) is 115 cm³/mol. The Bertz CT molecular complexity index is 1060. The van der Waals surface area contributed by atoms with Gasteiger partial charge in [-0.05, 0) is 76.1 Å². The third-order valence-corrected chi connectivity index (χ3v) is 5.82. The Morgan fingerprint density at radius 3 is 2.61 bits per heavy atom. The summed E-state index contributed by atoms with van der Waals surface area (Å²) in [7, 11) is 0. The van der Waals surface area contributed by atoms with Gasteiger partial charge in [-0.25, -0.2) is 9.59 Å². The maximum atomic E-state index is 12.7. The highest BCUT2D eigenvalue weighted by Crippen LogP contribution is 2.29. The van der Waals surface area contributed by atoms with Gasteiger partial charge in [-0.1, -0.05) is 0 Å². The summed E-state index contributed by atoms with van der Waals surface area (Å²) < 4.78 is 16.4. The molecular formula is C24H29NO6. The first-order chi connectivity index (χ1) is 14.7. The molecule has 7 heteroatoms. The van der Waals surface area contributed by atoms with Gasteiger partial charge >= 0.3 is 17.7 Å². The topological polar surface area (TPSA) is 86.0 Å². The number of amides is 1. The van der Waals surface area contributed by atoms with Crippen molar-refractivity contribution < 1.29 is 23.5 Å². The lowest BCUT2D eigenvalue weighted by Gasteiger charge is -2.33. The number of carbonyl (C=O) groups excluding carboxylic acids is 2. The van der Waals surface area contributed by atoms with Crippen molar-refractivity contribution in [2.45, 2.75) is 65.1 Å². The lowest BCUT2D eigenvalue weighted by molar-refractivity contribution is -0.151. The van der Waals surface area contributed by atoms with Gasteiger partial charge in [0.2, 0.25) is 0 Å². The number of esters is 1. The molecule has 2 aromatic rings. The third kappa shape index (κ3) is 4.92. The second-order valence-electron chi connectivity index (χ2n) is 9.43. The van der Waals surface area contributed by atoms with Gasteiger partial charge in [0.25, 0.3) is 0 Å². The van der Waals surface area contributed by atoms with Crippen LogP contribution >= 0.6 is 0 Å². The van der Waals surface area contributed by atoms with E-state index in [1.807, 2.05) is 26.8 Å². The van der Waals surface area contributed by atoms with Gasteiger partial charge in [-0.15, -0.1) is 0 Å². The highest BCUT2D eigenvalue weighted by Gasteiger charge is 2.32. The smallest absolute Gasteiger partial charge is 0.410 e. The first-order valence-corrected chi connectivity index (χ1v) is 10.9. The van der Waals surface area contributed by atoms with Gasteiger partial charge in [0.1, 0.15) is 17.8 Å². The molecule has 31 heavy (non-hydrogen) atoms. The van der Waals surface area contributed by atoms with Crippen LogP contribution in [-0.4, -0.2) is 35.7 Å². The molecule has 1 amide bonds. The van der Waals surface area contributed by atoms with Gasteiger partial charge in [-0.3, -0.25) is 4.79 Å². The minimum atomic E-state index is -0.583. The van der Waals surface area contributed by atoms with Gasteiger partial charge < -0.3 is 18.8 Å². The van der Waals surface area contributed by atoms with Crippen LogP contribution in [0.25, 0.3) is 11.0 Å². The zero-order valence-electron chi connectivity index (χ0n) is 18.4. The number of ether oxygens (including phenoxy) is 2. The molecule has 1 saturated heterocycles. The van der Waals surface area contributed by atoms with Crippen LogP contribution in [0.4, 0.5) is 4.79 Å². The number of rotatable bonds is 3. The maximum absolute atomic E-state index is 12.7. The zero-order chi connectivity index (χ0) is 22.2. The number of aryl methyl sites for hydroxylation is 2. The Morgan fingerprint density at radius 1 is 1.13 bits per heavy atom. The largest absolute Gasteiger partial charge is 0.461 e. The van der Waals surface area contributed by atoms with E-state index in [1.54, 1.807) is 4.90 Å². The molecule has 1 aromatic carbocycles. The van der Waals surface area contributed by atoms with Crippen LogP contribution in [0.2, 0.25) is 0 Å². The number of piperidine rings is 1. The van der Waals surface area contributed by atoms with Crippen LogP contribution in [-0.2, 0) is 33.7 Å². The zero-order valence-corrected chi connectivity index (χ0v) is 18.4. The van der Waals surface area contributed by atoms with Crippen LogP contribution in [0.5, 0.6) is 0 Å². The van der Waals surface area contributed by atoms with Crippen LogP contribution < -0.4 is 5.63 Å². The summed E-state index contributed by atoms with van der Waals surface area (Å²) in [6.45, 7) is 6.29. The van der Waals surface area contributed by atoms with E-state index in [2.05, 4.69) is 6.07 Å². The summed E-state index contributed by atoms with van der Waals surface area (Å²) >= 11 is 0. The van der Waals surface area contributed by atoms with E-state index < -0.39 is 23.2 Å². The Balaban J connectivity index is 1.44. The third-order valence-electron chi connectivity index (χ3n) is 5.82. The number of benzene rings is 1. The molecule has 0 spiro atoms. The lowest BCUT2D eigenvalue weighted by atomic mass is 9.98. The van der Waals surface area contributed by atoms with Crippen molar-refractivity contribution in [3.8, 4) is 0 Å². The molecule has 0 unspecified atom stereocenters. The quantitative estimate of drug-likeness (QED) is 0.544. The molecule has 1 aliphatic heterocycles. The molecule has 2 aliphatic rings. The van der Waals surface area contributed by atoms with Crippen LogP contribution in [0, 0.1) is 5.92 Å². The molecule has 1 fully saturated rings. The van der Waals surface area contributed by atoms with Crippen LogP contribution in [0.3, 0.4) is 0 Å². The van der Waals surface area contributed by atoms with Gasteiger partial charge in [0, 0.05) is 30.1 Å². The fraction of sp³-hybridized carbons (Fsp3) is 0.542. The molecule has 0 N–H and O–H groups in total. The fourth-order valence-corrected chi connectivity index (χ4v) is 4.34. The molecule has 0 radical (unpaired) electrons. The van der Waals surface area contributed by atoms with Crippen LogP contribution in [0.1, 0.15) is 56.7 Å². The molecule has 0 bridgehead atoms. The first kappa shape index (κ1) is 21.4. The van der Waals surface area contributed by atoms with E-state index in [9.17, 15) is 14.4 Å².